The van der Waals surface area contributed by atoms with E-state index in [1.165, 1.54) is 7.11 Å². The second-order valence-corrected chi connectivity index (χ2v) is 2.99. The molecule has 0 aromatic heterocycles. The highest BCUT2D eigenvalue weighted by Crippen LogP contribution is 2.15. The van der Waals surface area contributed by atoms with Crippen LogP contribution < -0.4 is 10.7 Å². The Bertz CT molecular complexity index is 537. The molecule has 1 aromatic carbocycles. The van der Waals surface area contributed by atoms with E-state index in [1.54, 1.807) is 36.4 Å². The van der Waals surface area contributed by atoms with Gasteiger partial charge in [0, 0.05) is 5.69 Å². The highest BCUT2D eigenvalue weighted by atomic mass is 16.5. The molecule has 1 rings (SSSR count). The van der Waals surface area contributed by atoms with Crippen molar-refractivity contribution in [2.75, 3.05) is 17.9 Å². The minimum absolute atomic E-state index is 0.290. The van der Waals surface area contributed by atoms with Crippen LogP contribution >= 0.6 is 0 Å². The van der Waals surface area contributed by atoms with E-state index in [0.29, 0.717) is 11.4 Å². The Morgan fingerprint density at radius 2 is 2.00 bits per heavy atom. The second kappa shape index (κ2) is 6.51. The van der Waals surface area contributed by atoms with Crippen molar-refractivity contribution in [3.63, 3.8) is 0 Å². The molecule has 1 aromatic rings. The Morgan fingerprint density at radius 1 is 1.33 bits per heavy atom. The molecule has 0 aliphatic heterocycles. The van der Waals surface area contributed by atoms with Crippen LogP contribution in [0, 0.1) is 22.7 Å². The number of nitrogens with one attached hydrogen (secondary N) is 2. The summed E-state index contributed by atoms with van der Waals surface area (Å²) >= 11 is 0. The smallest absolute Gasteiger partial charge is 0.411 e. The van der Waals surface area contributed by atoms with Crippen molar-refractivity contribution in [2.45, 2.75) is 0 Å². The Morgan fingerprint density at radius 3 is 2.61 bits per heavy atom. The monoisotopic (exact) mass is 243 g/mol. The molecule has 0 spiro atoms. The summed E-state index contributed by atoms with van der Waals surface area (Å²) in [6.07, 6.45) is -0.592. The van der Waals surface area contributed by atoms with E-state index in [0.717, 1.165) is 0 Å². The molecule has 0 aliphatic rings. The van der Waals surface area contributed by atoms with Gasteiger partial charge in [-0.1, -0.05) is 6.07 Å². The number of ether oxygens (including phenoxy) is 1. The molecule has 2 N–H and O–H groups in total. The van der Waals surface area contributed by atoms with E-state index < -0.39 is 6.09 Å². The summed E-state index contributed by atoms with van der Waals surface area (Å²) in [7, 11) is 1.26. The lowest BCUT2D eigenvalue weighted by Crippen LogP contribution is -2.10. The van der Waals surface area contributed by atoms with Crippen LogP contribution in [0.1, 0.15) is 0 Å². The highest BCUT2D eigenvalue weighted by Gasteiger charge is 2.01. The molecular formula is C11H9N5O2. The molecule has 0 unspecified atom stereocenters. The van der Waals surface area contributed by atoms with Gasteiger partial charge in [-0.3, -0.25) is 10.7 Å². The maximum Gasteiger partial charge on any atom is 0.411 e. The van der Waals surface area contributed by atoms with Gasteiger partial charge in [0.1, 0.15) is 12.1 Å². The average Bonchev–Trinajstić information content (AvgIpc) is 2.40. The zero-order valence-electron chi connectivity index (χ0n) is 9.47. The van der Waals surface area contributed by atoms with E-state index >= 15 is 0 Å². The molecule has 7 heteroatoms. The van der Waals surface area contributed by atoms with Crippen LogP contribution in [0.5, 0.6) is 0 Å². The van der Waals surface area contributed by atoms with Crippen LogP contribution in [-0.4, -0.2) is 18.9 Å². The third kappa shape index (κ3) is 3.83. The van der Waals surface area contributed by atoms with Gasteiger partial charge < -0.3 is 4.74 Å². The van der Waals surface area contributed by atoms with Gasteiger partial charge in [0.2, 0.25) is 5.71 Å². The van der Waals surface area contributed by atoms with Crippen LogP contribution in [0.2, 0.25) is 0 Å². The maximum absolute atomic E-state index is 11.0. The Kier molecular flexibility index (Phi) is 4.70. The molecule has 0 heterocycles. The number of anilines is 2. The van der Waals surface area contributed by atoms with Crippen molar-refractivity contribution in [1.82, 2.24) is 0 Å². The molecule has 0 fully saturated rings. The zero-order valence-corrected chi connectivity index (χ0v) is 9.47. The molecule has 90 valence electrons. The lowest BCUT2D eigenvalue weighted by atomic mass is 10.3. The largest absolute Gasteiger partial charge is 0.453 e. The Balaban J connectivity index is 2.78. The van der Waals surface area contributed by atoms with Crippen LogP contribution in [0.3, 0.4) is 0 Å². The summed E-state index contributed by atoms with van der Waals surface area (Å²) < 4.78 is 4.44. The molecular weight excluding hydrogens is 234 g/mol. The fourth-order valence-electron chi connectivity index (χ4n) is 1.03. The third-order valence-electron chi connectivity index (χ3n) is 1.80. The summed E-state index contributed by atoms with van der Waals surface area (Å²) in [4.78, 5) is 11.0. The van der Waals surface area contributed by atoms with Gasteiger partial charge in [-0.2, -0.15) is 15.6 Å². The number of rotatable bonds is 3. The summed E-state index contributed by atoms with van der Waals surface area (Å²) in [5.74, 6) is 0. The van der Waals surface area contributed by atoms with Crippen molar-refractivity contribution in [2.24, 2.45) is 5.10 Å². The van der Waals surface area contributed by atoms with Crippen molar-refractivity contribution >= 4 is 23.2 Å². The Hall–Kier alpha value is -3.06. The van der Waals surface area contributed by atoms with Gasteiger partial charge in [-0.15, -0.1) is 0 Å². The van der Waals surface area contributed by atoms with E-state index in [4.69, 9.17) is 10.5 Å². The number of hydrogen-bond donors (Lipinski definition) is 2. The molecule has 7 nitrogen and oxygen atoms in total. The fraction of sp³-hybridized carbons (Fsp3) is 0.0909. The topological polar surface area (TPSA) is 110 Å². The SMILES string of the molecule is COC(=O)Nc1cccc(NN=C(C#N)C#N)c1. The number of carbonyl (C=O) groups excluding carboxylic acids is 1. The number of nitrogens with zero attached hydrogens (tertiary/aromatic N) is 3. The van der Waals surface area contributed by atoms with E-state index in [2.05, 4.69) is 20.6 Å². The van der Waals surface area contributed by atoms with Crippen LogP contribution in [0.4, 0.5) is 16.2 Å². The molecule has 18 heavy (non-hydrogen) atoms. The molecule has 0 radical (unpaired) electrons. The van der Waals surface area contributed by atoms with Crippen LogP contribution in [0.25, 0.3) is 0 Å². The summed E-state index contributed by atoms with van der Waals surface area (Å²) in [5.41, 5.74) is 3.26. The predicted octanol–water partition coefficient (Wildman–Crippen LogP) is 1.68. The first-order valence-corrected chi connectivity index (χ1v) is 4.78. The number of methoxy groups -OCH3 is 1. The summed E-state index contributed by atoms with van der Waals surface area (Å²) in [5, 5.41) is 23.0. The van der Waals surface area contributed by atoms with Gasteiger partial charge in [-0.05, 0) is 18.2 Å². The first-order valence-electron chi connectivity index (χ1n) is 4.78. The molecule has 0 saturated carbocycles. The lowest BCUT2D eigenvalue weighted by molar-refractivity contribution is 0.187. The molecule has 0 atom stereocenters. The zero-order chi connectivity index (χ0) is 13.4. The van der Waals surface area contributed by atoms with Crippen molar-refractivity contribution < 1.29 is 9.53 Å². The van der Waals surface area contributed by atoms with Gasteiger partial charge in [0.05, 0.1) is 12.8 Å². The normalized spacial score (nSPS) is 8.39. The number of amides is 1. The van der Waals surface area contributed by atoms with E-state index in [-0.39, 0.29) is 5.71 Å². The minimum atomic E-state index is -0.592. The second-order valence-electron chi connectivity index (χ2n) is 2.99. The molecule has 1 amide bonds. The van der Waals surface area contributed by atoms with Gasteiger partial charge in [-0.25, -0.2) is 4.79 Å². The fourth-order valence-corrected chi connectivity index (χ4v) is 1.03. The Labute approximate surface area is 103 Å². The van der Waals surface area contributed by atoms with Crippen molar-refractivity contribution in [3.8, 4) is 12.1 Å². The quantitative estimate of drug-likeness (QED) is 0.619. The molecule has 0 bridgehead atoms. The third-order valence-corrected chi connectivity index (χ3v) is 1.80. The predicted molar refractivity (Wildman–Crippen MR) is 64.8 cm³/mol. The van der Waals surface area contributed by atoms with Crippen LogP contribution in [-0.2, 0) is 4.74 Å². The van der Waals surface area contributed by atoms with Gasteiger partial charge >= 0.3 is 6.09 Å². The van der Waals surface area contributed by atoms with E-state index in [1.807, 2.05) is 0 Å². The number of nitriles is 2. The highest BCUT2D eigenvalue weighted by molar-refractivity contribution is 6.10. The summed E-state index contributed by atoms with van der Waals surface area (Å²) in [6, 6.07) is 9.79. The van der Waals surface area contributed by atoms with Crippen molar-refractivity contribution in [1.29, 1.82) is 10.5 Å². The number of hydrazone groups is 1. The number of carbonyl (C=O) groups is 1. The summed E-state index contributed by atoms with van der Waals surface area (Å²) in [6.45, 7) is 0. The number of hydrogen-bond acceptors (Lipinski definition) is 6. The van der Waals surface area contributed by atoms with Gasteiger partial charge in [0.15, 0.2) is 0 Å². The maximum atomic E-state index is 11.0. The average molecular weight is 243 g/mol. The first-order chi connectivity index (χ1) is 8.69. The molecule has 0 aliphatic carbocycles. The van der Waals surface area contributed by atoms with Crippen molar-refractivity contribution in [3.05, 3.63) is 24.3 Å². The first kappa shape index (κ1) is 13.0. The molecule has 0 saturated heterocycles. The van der Waals surface area contributed by atoms with Gasteiger partial charge in [0.25, 0.3) is 0 Å². The van der Waals surface area contributed by atoms with Crippen LogP contribution in [0.15, 0.2) is 29.4 Å². The standard InChI is InChI=1S/C11H9N5O2/c1-18-11(17)14-8-3-2-4-9(5-8)15-16-10(6-12)7-13/h2-5,15H,1H3,(H,14,17). The lowest BCUT2D eigenvalue weighted by Gasteiger charge is -2.05. The number of benzene rings is 1. The minimum Gasteiger partial charge on any atom is -0.453 e. The van der Waals surface area contributed by atoms with E-state index in [9.17, 15) is 4.79 Å².